The number of hydrogen-bond donors (Lipinski definition) is 1. The molecular formula is C19H26N4O3. The maximum Gasteiger partial charge on any atom is 0.245 e. The van der Waals surface area contributed by atoms with Crippen molar-refractivity contribution in [1.82, 2.24) is 20.2 Å². The summed E-state index contributed by atoms with van der Waals surface area (Å²) in [6.45, 7) is 2.09. The summed E-state index contributed by atoms with van der Waals surface area (Å²) in [6.07, 6.45) is 8.24. The normalized spacial score (nSPS) is 24.2. The van der Waals surface area contributed by atoms with Crippen molar-refractivity contribution < 1.29 is 14.3 Å². The highest BCUT2D eigenvalue weighted by atomic mass is 16.5. The lowest BCUT2D eigenvalue weighted by molar-refractivity contribution is -0.135. The number of aromatic nitrogens is 2. The lowest BCUT2D eigenvalue weighted by Gasteiger charge is -2.33. The number of ether oxygens (including phenoxy) is 1. The number of likely N-dealkylation sites (tertiary alicyclic amines) is 1. The SMILES string of the molecule is O=C1CCC(C(=O)N2CCC(COc3cc(C4CCC4)ncn3)CC2)N1. The smallest absolute Gasteiger partial charge is 0.245 e. The third kappa shape index (κ3) is 3.81. The van der Waals surface area contributed by atoms with E-state index in [-0.39, 0.29) is 17.9 Å². The molecule has 3 heterocycles. The largest absolute Gasteiger partial charge is 0.477 e. The van der Waals surface area contributed by atoms with Crippen molar-refractivity contribution in [3.8, 4) is 5.88 Å². The number of nitrogens with one attached hydrogen (secondary N) is 1. The summed E-state index contributed by atoms with van der Waals surface area (Å²) in [5.74, 6) is 1.72. The van der Waals surface area contributed by atoms with E-state index < -0.39 is 0 Å². The van der Waals surface area contributed by atoms with Crippen LogP contribution in [0.25, 0.3) is 0 Å². The van der Waals surface area contributed by atoms with Gasteiger partial charge in [0.25, 0.3) is 0 Å². The molecule has 140 valence electrons. The molecule has 1 N–H and O–H groups in total. The molecule has 2 saturated heterocycles. The summed E-state index contributed by atoms with van der Waals surface area (Å²) in [7, 11) is 0. The van der Waals surface area contributed by atoms with Crippen LogP contribution in [0.3, 0.4) is 0 Å². The Bertz CT molecular complexity index is 669. The molecule has 3 fully saturated rings. The molecule has 7 heteroatoms. The first-order valence-electron chi connectivity index (χ1n) is 9.72. The Hall–Kier alpha value is -2.18. The Balaban J connectivity index is 1.23. The van der Waals surface area contributed by atoms with Gasteiger partial charge in [-0.05, 0) is 38.0 Å². The van der Waals surface area contributed by atoms with E-state index in [1.54, 1.807) is 6.33 Å². The van der Waals surface area contributed by atoms with E-state index in [9.17, 15) is 9.59 Å². The summed E-state index contributed by atoms with van der Waals surface area (Å²) >= 11 is 0. The first kappa shape index (κ1) is 17.2. The van der Waals surface area contributed by atoms with E-state index in [1.807, 2.05) is 11.0 Å². The summed E-state index contributed by atoms with van der Waals surface area (Å²) in [4.78, 5) is 34.2. The van der Waals surface area contributed by atoms with Crippen molar-refractivity contribution in [3.05, 3.63) is 18.1 Å². The number of piperidine rings is 1. The minimum absolute atomic E-state index is 0.0160. The van der Waals surface area contributed by atoms with Crippen molar-refractivity contribution in [2.24, 2.45) is 5.92 Å². The number of rotatable bonds is 5. The molecular weight excluding hydrogens is 332 g/mol. The molecule has 3 aliphatic rings. The van der Waals surface area contributed by atoms with Crippen molar-refractivity contribution in [2.75, 3.05) is 19.7 Å². The standard InChI is InChI=1S/C19H26N4O3/c24-17-5-4-15(22-17)19(25)23-8-6-13(7-9-23)11-26-18-10-16(20-12-21-18)14-2-1-3-14/h10,12-15H,1-9,11H2,(H,22,24). The van der Waals surface area contributed by atoms with Crippen LogP contribution in [-0.2, 0) is 9.59 Å². The van der Waals surface area contributed by atoms with Crippen LogP contribution in [0, 0.1) is 5.92 Å². The highest BCUT2D eigenvalue weighted by Gasteiger charge is 2.32. The van der Waals surface area contributed by atoms with Gasteiger partial charge in [-0.2, -0.15) is 0 Å². The predicted octanol–water partition coefficient (Wildman–Crippen LogP) is 1.64. The lowest BCUT2D eigenvalue weighted by Crippen LogP contribution is -2.48. The molecule has 2 amide bonds. The van der Waals surface area contributed by atoms with E-state index in [1.165, 1.54) is 19.3 Å². The quantitative estimate of drug-likeness (QED) is 0.865. The van der Waals surface area contributed by atoms with Gasteiger partial charge in [0.1, 0.15) is 12.4 Å². The van der Waals surface area contributed by atoms with Gasteiger partial charge >= 0.3 is 0 Å². The topological polar surface area (TPSA) is 84.4 Å². The summed E-state index contributed by atoms with van der Waals surface area (Å²) in [6, 6.07) is 1.66. The van der Waals surface area contributed by atoms with Crippen LogP contribution in [0.5, 0.6) is 5.88 Å². The van der Waals surface area contributed by atoms with Gasteiger partial charge in [0.05, 0.1) is 12.3 Å². The molecule has 0 radical (unpaired) electrons. The number of carbonyl (C=O) groups excluding carboxylic acids is 2. The Kier molecular flexibility index (Phi) is 5.04. The second-order valence-corrected chi connectivity index (χ2v) is 7.65. The molecule has 0 spiro atoms. The molecule has 0 aromatic carbocycles. The van der Waals surface area contributed by atoms with Crippen molar-refractivity contribution in [1.29, 1.82) is 0 Å². The molecule has 1 aromatic heterocycles. The van der Waals surface area contributed by atoms with Gasteiger partial charge in [0.15, 0.2) is 0 Å². The summed E-state index contributed by atoms with van der Waals surface area (Å²) in [5, 5.41) is 2.76. The average molecular weight is 358 g/mol. The van der Waals surface area contributed by atoms with Gasteiger partial charge in [-0.1, -0.05) is 6.42 Å². The molecule has 7 nitrogen and oxygen atoms in total. The zero-order valence-electron chi connectivity index (χ0n) is 15.0. The van der Waals surface area contributed by atoms with E-state index >= 15 is 0 Å². The van der Waals surface area contributed by atoms with E-state index in [4.69, 9.17) is 4.74 Å². The minimum atomic E-state index is -0.318. The van der Waals surface area contributed by atoms with Crippen LogP contribution in [0.4, 0.5) is 0 Å². The van der Waals surface area contributed by atoms with Crippen LogP contribution >= 0.6 is 0 Å². The van der Waals surface area contributed by atoms with E-state index in [0.717, 1.165) is 31.6 Å². The van der Waals surface area contributed by atoms with Crippen molar-refractivity contribution in [2.45, 2.75) is 56.9 Å². The monoisotopic (exact) mass is 358 g/mol. The lowest BCUT2D eigenvalue weighted by atomic mass is 9.83. The van der Waals surface area contributed by atoms with Crippen LogP contribution < -0.4 is 10.1 Å². The Labute approximate surface area is 153 Å². The third-order valence-corrected chi connectivity index (χ3v) is 5.87. The summed E-state index contributed by atoms with van der Waals surface area (Å²) in [5.41, 5.74) is 1.10. The first-order valence-corrected chi connectivity index (χ1v) is 9.72. The minimum Gasteiger partial charge on any atom is -0.477 e. The zero-order chi connectivity index (χ0) is 17.9. The second kappa shape index (κ2) is 7.60. The summed E-state index contributed by atoms with van der Waals surface area (Å²) < 4.78 is 5.90. The number of amides is 2. The molecule has 4 rings (SSSR count). The Morgan fingerprint density at radius 2 is 2.00 bits per heavy atom. The molecule has 1 unspecified atom stereocenters. The predicted molar refractivity (Wildman–Crippen MR) is 94.6 cm³/mol. The fraction of sp³-hybridized carbons (Fsp3) is 0.684. The maximum absolute atomic E-state index is 12.4. The first-order chi connectivity index (χ1) is 12.7. The Morgan fingerprint density at radius 3 is 2.65 bits per heavy atom. The van der Waals surface area contributed by atoms with Crippen molar-refractivity contribution >= 4 is 11.8 Å². The fourth-order valence-corrected chi connectivity index (χ4v) is 3.90. The Morgan fingerprint density at radius 1 is 1.19 bits per heavy atom. The average Bonchev–Trinajstić information content (AvgIpc) is 3.05. The van der Waals surface area contributed by atoms with Gasteiger partial charge in [-0.15, -0.1) is 0 Å². The van der Waals surface area contributed by atoms with Gasteiger partial charge in [-0.3, -0.25) is 9.59 Å². The van der Waals surface area contributed by atoms with E-state index in [2.05, 4.69) is 15.3 Å². The molecule has 1 atom stereocenters. The van der Waals surface area contributed by atoms with Crippen LogP contribution in [0.2, 0.25) is 0 Å². The van der Waals surface area contributed by atoms with Crippen LogP contribution in [-0.4, -0.2) is 52.4 Å². The number of carbonyl (C=O) groups is 2. The highest BCUT2D eigenvalue weighted by molar-refractivity contribution is 5.90. The van der Waals surface area contributed by atoms with Gasteiger partial charge in [-0.25, -0.2) is 9.97 Å². The zero-order valence-corrected chi connectivity index (χ0v) is 15.0. The molecule has 1 aliphatic carbocycles. The fourth-order valence-electron chi connectivity index (χ4n) is 3.90. The molecule has 0 bridgehead atoms. The molecule has 2 aliphatic heterocycles. The molecule has 1 saturated carbocycles. The molecule has 1 aromatic rings. The molecule has 26 heavy (non-hydrogen) atoms. The number of nitrogens with zero attached hydrogens (tertiary/aromatic N) is 3. The van der Waals surface area contributed by atoms with Crippen LogP contribution in [0.15, 0.2) is 12.4 Å². The third-order valence-electron chi connectivity index (χ3n) is 5.87. The second-order valence-electron chi connectivity index (χ2n) is 7.65. The van der Waals surface area contributed by atoms with Crippen molar-refractivity contribution in [3.63, 3.8) is 0 Å². The van der Waals surface area contributed by atoms with Gasteiger partial charge in [0, 0.05) is 31.5 Å². The highest BCUT2D eigenvalue weighted by Crippen LogP contribution is 2.35. The number of hydrogen-bond acceptors (Lipinski definition) is 5. The van der Waals surface area contributed by atoms with Gasteiger partial charge in [0.2, 0.25) is 17.7 Å². The van der Waals surface area contributed by atoms with Crippen LogP contribution in [0.1, 0.15) is 56.6 Å². The van der Waals surface area contributed by atoms with E-state index in [0.29, 0.717) is 37.2 Å². The van der Waals surface area contributed by atoms with Gasteiger partial charge < -0.3 is 15.0 Å². The maximum atomic E-state index is 12.4.